The molecule has 0 spiro atoms. The quantitative estimate of drug-likeness (QED) is 0.155. The van der Waals surface area contributed by atoms with Crippen molar-refractivity contribution in [1.29, 1.82) is 0 Å². The molecule has 0 saturated heterocycles. The average molecular weight is 814 g/mol. The first-order valence-electron chi connectivity index (χ1n) is 22.8. The highest BCUT2D eigenvalue weighted by atomic mass is 15.1. The van der Waals surface area contributed by atoms with Gasteiger partial charge in [-0.2, -0.15) is 0 Å². The van der Waals surface area contributed by atoms with Gasteiger partial charge in [0, 0.05) is 38.7 Å². The Labute approximate surface area is 374 Å². The van der Waals surface area contributed by atoms with Crippen molar-refractivity contribution in [3.05, 3.63) is 245 Å². The standard InChI is InChI=1S/C62H55N/c1-59(2)54-23-15-13-21-50(54)52-31-29-48(40-57(52)59)63(49-30-32-53-51-22-14-16-24-55(51)60(3,4)58(53)41-49)47-27-25-43(26-28-47)56-39-44(42-17-9-7-10-18-42)33-38-62(56,6)46-34-36-61(5,37-35-46)45-19-11-8-12-20-45/h7-36,39-41H,37-38H2,1-6H3. The van der Waals surface area contributed by atoms with Crippen LogP contribution in [0.4, 0.5) is 17.1 Å². The predicted octanol–water partition coefficient (Wildman–Crippen LogP) is 16.5. The van der Waals surface area contributed by atoms with Crippen LogP contribution in [0.5, 0.6) is 0 Å². The van der Waals surface area contributed by atoms with Crippen molar-refractivity contribution in [3.63, 3.8) is 0 Å². The van der Waals surface area contributed by atoms with Gasteiger partial charge >= 0.3 is 0 Å². The maximum absolute atomic E-state index is 2.51. The predicted molar refractivity (Wildman–Crippen MR) is 267 cm³/mol. The fourth-order valence-electron chi connectivity index (χ4n) is 11.4. The molecule has 11 rings (SSSR count). The summed E-state index contributed by atoms with van der Waals surface area (Å²) >= 11 is 0. The number of nitrogens with zero attached hydrogens (tertiary/aromatic N) is 1. The molecule has 0 saturated carbocycles. The first-order valence-corrected chi connectivity index (χ1v) is 22.8. The maximum Gasteiger partial charge on any atom is 0.0465 e. The number of benzene rings is 7. The average Bonchev–Trinajstić information content (AvgIpc) is 3.69. The van der Waals surface area contributed by atoms with Crippen molar-refractivity contribution in [1.82, 2.24) is 0 Å². The summed E-state index contributed by atoms with van der Waals surface area (Å²) < 4.78 is 0. The third-order valence-electron chi connectivity index (χ3n) is 15.3. The molecule has 308 valence electrons. The van der Waals surface area contributed by atoms with E-state index in [0.717, 1.165) is 18.5 Å². The Morgan fingerprint density at radius 1 is 0.429 bits per heavy atom. The number of allylic oxidation sites excluding steroid dienone is 8. The molecule has 7 aromatic rings. The van der Waals surface area contributed by atoms with Gasteiger partial charge in [-0.05, 0) is 133 Å². The second-order valence-corrected chi connectivity index (χ2v) is 19.8. The summed E-state index contributed by atoms with van der Waals surface area (Å²) in [5.74, 6) is 0. The summed E-state index contributed by atoms with van der Waals surface area (Å²) in [6, 6.07) is 63.5. The number of hydrogen-bond donors (Lipinski definition) is 0. The van der Waals surface area contributed by atoms with Crippen LogP contribution < -0.4 is 4.90 Å². The van der Waals surface area contributed by atoms with Crippen molar-refractivity contribution >= 4 is 28.2 Å². The van der Waals surface area contributed by atoms with E-state index in [1.807, 2.05) is 0 Å². The van der Waals surface area contributed by atoms with Crippen LogP contribution in [0.1, 0.15) is 93.3 Å². The van der Waals surface area contributed by atoms with E-state index in [1.165, 1.54) is 89.3 Å². The number of anilines is 3. The molecule has 7 aromatic carbocycles. The molecule has 0 heterocycles. The van der Waals surface area contributed by atoms with Crippen LogP contribution >= 0.6 is 0 Å². The third-order valence-corrected chi connectivity index (χ3v) is 15.3. The summed E-state index contributed by atoms with van der Waals surface area (Å²) in [6.45, 7) is 14.3. The summed E-state index contributed by atoms with van der Waals surface area (Å²) in [7, 11) is 0. The zero-order chi connectivity index (χ0) is 43.1. The van der Waals surface area contributed by atoms with Crippen LogP contribution in [0.3, 0.4) is 0 Å². The van der Waals surface area contributed by atoms with Crippen LogP contribution in [-0.4, -0.2) is 0 Å². The molecule has 2 unspecified atom stereocenters. The van der Waals surface area contributed by atoms with Gasteiger partial charge in [0.05, 0.1) is 0 Å². The van der Waals surface area contributed by atoms with E-state index < -0.39 is 0 Å². The van der Waals surface area contributed by atoms with Crippen molar-refractivity contribution in [3.8, 4) is 22.3 Å². The molecule has 4 aliphatic rings. The monoisotopic (exact) mass is 813 g/mol. The van der Waals surface area contributed by atoms with Crippen molar-refractivity contribution in [2.45, 2.75) is 70.6 Å². The Morgan fingerprint density at radius 3 is 1.49 bits per heavy atom. The summed E-state index contributed by atoms with van der Waals surface area (Å²) in [4.78, 5) is 2.49. The number of hydrogen-bond acceptors (Lipinski definition) is 1. The molecule has 1 nitrogen and oxygen atoms in total. The van der Waals surface area contributed by atoms with E-state index >= 15 is 0 Å². The van der Waals surface area contributed by atoms with Gasteiger partial charge in [0.1, 0.15) is 0 Å². The molecule has 0 bridgehead atoms. The first kappa shape index (κ1) is 39.2. The van der Waals surface area contributed by atoms with Gasteiger partial charge in [-0.3, -0.25) is 0 Å². The molecule has 4 aliphatic carbocycles. The van der Waals surface area contributed by atoms with E-state index in [9.17, 15) is 0 Å². The zero-order valence-corrected chi connectivity index (χ0v) is 37.4. The fraction of sp³-hybridized carbons (Fsp3) is 0.194. The lowest BCUT2D eigenvalue weighted by molar-refractivity contribution is 0.525. The summed E-state index contributed by atoms with van der Waals surface area (Å²) in [5.41, 5.74) is 21.8. The van der Waals surface area contributed by atoms with Crippen molar-refractivity contribution < 1.29 is 0 Å². The molecule has 1 heteroatoms. The number of fused-ring (bicyclic) bond motifs is 6. The molecule has 0 amide bonds. The molecule has 0 radical (unpaired) electrons. The molecular weight excluding hydrogens is 759 g/mol. The molecule has 2 atom stereocenters. The first-order chi connectivity index (χ1) is 30.5. The SMILES string of the molecule is CC1(C2=CCC(C)(c3ccccc3)C=C2)CC=C(c2ccccc2)C=C1c1ccc(N(c2ccc3c(c2)C(C)(C)c2ccccc2-3)c2ccc3c(c2)C(C)(C)c2ccccc2-3)cc1. The van der Waals surface area contributed by atoms with Gasteiger partial charge < -0.3 is 4.90 Å². The lowest BCUT2D eigenvalue weighted by atomic mass is 9.64. The van der Waals surface area contributed by atoms with Crippen LogP contribution in [-0.2, 0) is 16.2 Å². The molecule has 0 fully saturated rings. The van der Waals surface area contributed by atoms with Gasteiger partial charge in [0.25, 0.3) is 0 Å². The van der Waals surface area contributed by atoms with E-state index in [0.29, 0.717) is 0 Å². The fourth-order valence-corrected chi connectivity index (χ4v) is 11.4. The van der Waals surface area contributed by atoms with E-state index in [1.54, 1.807) is 0 Å². The van der Waals surface area contributed by atoms with Crippen LogP contribution in [0.25, 0.3) is 33.4 Å². The van der Waals surface area contributed by atoms with Gasteiger partial charge in [-0.25, -0.2) is 0 Å². The van der Waals surface area contributed by atoms with E-state index in [4.69, 9.17) is 0 Å². The highest BCUT2D eigenvalue weighted by Crippen LogP contribution is 2.55. The highest BCUT2D eigenvalue weighted by Gasteiger charge is 2.39. The lowest BCUT2D eigenvalue weighted by Gasteiger charge is -2.40. The minimum Gasteiger partial charge on any atom is -0.310 e. The molecule has 0 N–H and O–H groups in total. The largest absolute Gasteiger partial charge is 0.310 e. The third kappa shape index (κ3) is 6.19. The van der Waals surface area contributed by atoms with Crippen LogP contribution in [0.15, 0.2) is 206 Å². The Morgan fingerprint density at radius 2 is 0.937 bits per heavy atom. The Bertz CT molecular complexity index is 2960. The van der Waals surface area contributed by atoms with Crippen LogP contribution in [0.2, 0.25) is 0 Å². The van der Waals surface area contributed by atoms with Crippen molar-refractivity contribution in [2.24, 2.45) is 5.41 Å². The Balaban J connectivity index is 1.02. The minimum absolute atomic E-state index is 0.0269. The second-order valence-electron chi connectivity index (χ2n) is 19.8. The van der Waals surface area contributed by atoms with Gasteiger partial charge in [0.15, 0.2) is 0 Å². The lowest BCUT2D eigenvalue weighted by Crippen LogP contribution is -2.27. The van der Waals surface area contributed by atoms with Crippen LogP contribution in [0, 0.1) is 5.41 Å². The Kier molecular flexibility index (Phi) is 8.97. The smallest absolute Gasteiger partial charge is 0.0465 e. The van der Waals surface area contributed by atoms with Crippen molar-refractivity contribution in [2.75, 3.05) is 4.90 Å². The Hall–Kier alpha value is -6.70. The van der Waals surface area contributed by atoms with Gasteiger partial charge in [-0.1, -0.05) is 199 Å². The molecule has 0 aliphatic heterocycles. The maximum atomic E-state index is 2.51. The topological polar surface area (TPSA) is 3.24 Å². The normalized spacial score (nSPS) is 21.0. The molecule has 63 heavy (non-hydrogen) atoms. The van der Waals surface area contributed by atoms with E-state index in [2.05, 4.69) is 247 Å². The minimum atomic E-state index is -0.199. The van der Waals surface area contributed by atoms with Gasteiger partial charge in [-0.15, -0.1) is 0 Å². The van der Waals surface area contributed by atoms with Gasteiger partial charge in [0.2, 0.25) is 0 Å². The van der Waals surface area contributed by atoms with E-state index in [-0.39, 0.29) is 21.7 Å². The number of rotatable bonds is 7. The zero-order valence-electron chi connectivity index (χ0n) is 37.4. The summed E-state index contributed by atoms with van der Waals surface area (Å²) in [5, 5.41) is 0. The molecular formula is C62H55N. The summed E-state index contributed by atoms with van der Waals surface area (Å²) in [6.07, 6.45) is 14.2. The molecule has 0 aromatic heterocycles. The second kappa shape index (κ2) is 14.4. The highest BCUT2D eigenvalue weighted by molar-refractivity contribution is 5.92.